The van der Waals surface area contributed by atoms with Crippen molar-refractivity contribution in [2.24, 2.45) is 11.3 Å². The number of carboxylic acid groups (broad SMARTS) is 1. The van der Waals surface area contributed by atoms with Gasteiger partial charge in [-0.1, -0.05) is 0 Å². The minimum atomic E-state index is -1.11. The van der Waals surface area contributed by atoms with Crippen molar-refractivity contribution in [3.8, 4) is 0 Å². The largest absolute Gasteiger partial charge is 0.481 e. The molecule has 0 amide bonds. The summed E-state index contributed by atoms with van der Waals surface area (Å²) in [4.78, 5) is 10.9. The van der Waals surface area contributed by atoms with E-state index in [4.69, 9.17) is 9.84 Å². The Hall–Kier alpha value is -0.640. The number of carboxylic acids is 1. The molecule has 1 aliphatic rings. The molecule has 14 heavy (non-hydrogen) atoms. The second kappa shape index (κ2) is 4.73. The van der Waals surface area contributed by atoms with Crippen LogP contribution in [-0.4, -0.2) is 31.5 Å². The van der Waals surface area contributed by atoms with Gasteiger partial charge in [0.2, 0.25) is 0 Å². The molecule has 0 spiro atoms. The molecule has 3 nitrogen and oxygen atoms in total. The monoisotopic (exact) mass is 204 g/mol. The summed E-state index contributed by atoms with van der Waals surface area (Å²) in [5.74, 6) is -0.588. The van der Waals surface area contributed by atoms with E-state index in [1.54, 1.807) is 7.11 Å². The maximum atomic E-state index is 12.7. The van der Waals surface area contributed by atoms with Crippen molar-refractivity contribution in [1.29, 1.82) is 0 Å². The zero-order valence-electron chi connectivity index (χ0n) is 8.46. The zero-order chi connectivity index (χ0) is 10.6. The molecule has 1 fully saturated rings. The number of rotatable bonds is 4. The average Bonchev–Trinajstić information content (AvgIpc) is 2.19. The highest BCUT2D eigenvalue weighted by Gasteiger charge is 2.42. The zero-order valence-corrected chi connectivity index (χ0v) is 8.46. The molecule has 0 aromatic heterocycles. The summed E-state index contributed by atoms with van der Waals surface area (Å²) in [6.07, 6.45) is 2.38. The third kappa shape index (κ3) is 2.23. The van der Waals surface area contributed by atoms with Gasteiger partial charge in [-0.3, -0.25) is 4.79 Å². The van der Waals surface area contributed by atoms with E-state index in [2.05, 4.69) is 0 Å². The summed E-state index contributed by atoms with van der Waals surface area (Å²) in [6.45, 7) is -0.0932. The van der Waals surface area contributed by atoms with Gasteiger partial charge in [0.1, 0.15) is 6.67 Å². The van der Waals surface area contributed by atoms with Gasteiger partial charge >= 0.3 is 5.97 Å². The molecular weight excluding hydrogens is 187 g/mol. The van der Waals surface area contributed by atoms with Crippen LogP contribution in [0, 0.1) is 11.3 Å². The highest BCUT2D eigenvalue weighted by atomic mass is 19.1. The lowest BCUT2D eigenvalue weighted by atomic mass is 9.71. The fourth-order valence-corrected chi connectivity index (χ4v) is 2.04. The summed E-state index contributed by atoms with van der Waals surface area (Å²) < 4.78 is 17.7. The molecule has 0 atom stereocenters. The van der Waals surface area contributed by atoms with Gasteiger partial charge in [-0.05, 0) is 31.6 Å². The van der Waals surface area contributed by atoms with E-state index in [0.717, 1.165) is 12.8 Å². The maximum Gasteiger partial charge on any atom is 0.312 e. The maximum absolute atomic E-state index is 12.7. The smallest absolute Gasteiger partial charge is 0.312 e. The first-order valence-corrected chi connectivity index (χ1v) is 4.93. The third-order valence-electron chi connectivity index (χ3n) is 3.17. The van der Waals surface area contributed by atoms with Crippen molar-refractivity contribution in [3.05, 3.63) is 0 Å². The SMILES string of the molecule is COCC1CCC(CF)(C(=O)O)CC1. The van der Waals surface area contributed by atoms with Crippen LogP contribution in [0.25, 0.3) is 0 Å². The molecule has 1 N–H and O–H groups in total. The van der Waals surface area contributed by atoms with Crippen molar-refractivity contribution in [2.45, 2.75) is 25.7 Å². The first kappa shape index (κ1) is 11.4. The molecule has 0 radical (unpaired) electrons. The molecule has 0 heterocycles. The molecule has 4 heteroatoms. The average molecular weight is 204 g/mol. The Morgan fingerprint density at radius 1 is 1.57 bits per heavy atom. The molecule has 82 valence electrons. The Balaban J connectivity index is 2.50. The number of alkyl halides is 1. The van der Waals surface area contributed by atoms with Crippen LogP contribution in [0.4, 0.5) is 4.39 Å². The minimum absolute atomic E-state index is 0.402. The number of hydrogen-bond acceptors (Lipinski definition) is 2. The number of carbonyl (C=O) groups is 1. The molecular formula is C10H17FO3. The van der Waals surface area contributed by atoms with E-state index in [0.29, 0.717) is 25.4 Å². The second-order valence-electron chi connectivity index (χ2n) is 4.12. The number of ether oxygens (including phenoxy) is 1. The van der Waals surface area contributed by atoms with E-state index < -0.39 is 18.1 Å². The van der Waals surface area contributed by atoms with Crippen LogP contribution < -0.4 is 0 Å². The fraction of sp³-hybridized carbons (Fsp3) is 0.900. The summed E-state index contributed by atoms with van der Waals surface area (Å²) in [5, 5.41) is 8.93. The van der Waals surface area contributed by atoms with Crippen LogP contribution in [0.3, 0.4) is 0 Å². The second-order valence-corrected chi connectivity index (χ2v) is 4.12. The van der Waals surface area contributed by atoms with Gasteiger partial charge in [0.15, 0.2) is 0 Å². The van der Waals surface area contributed by atoms with Gasteiger partial charge in [0.25, 0.3) is 0 Å². The lowest BCUT2D eigenvalue weighted by Gasteiger charge is -2.34. The number of halogens is 1. The molecule has 0 unspecified atom stereocenters. The summed E-state index contributed by atoms with van der Waals surface area (Å²) in [6, 6.07) is 0. The molecule has 0 aromatic carbocycles. The van der Waals surface area contributed by atoms with Crippen LogP contribution in [0.15, 0.2) is 0 Å². The van der Waals surface area contributed by atoms with Gasteiger partial charge < -0.3 is 9.84 Å². The molecule has 1 aliphatic carbocycles. The van der Waals surface area contributed by atoms with Crippen LogP contribution >= 0.6 is 0 Å². The van der Waals surface area contributed by atoms with Crippen molar-refractivity contribution >= 4 is 5.97 Å². The molecule has 1 saturated carbocycles. The molecule has 0 bridgehead atoms. The Morgan fingerprint density at radius 2 is 2.14 bits per heavy atom. The van der Waals surface area contributed by atoms with Crippen molar-refractivity contribution in [3.63, 3.8) is 0 Å². The number of methoxy groups -OCH3 is 1. The summed E-state index contributed by atoms with van der Waals surface area (Å²) in [7, 11) is 1.63. The van der Waals surface area contributed by atoms with Gasteiger partial charge in [0.05, 0.1) is 5.41 Å². The standard InChI is InChI=1S/C10H17FO3/c1-14-6-8-2-4-10(7-11,5-3-8)9(12)13/h8H,2-7H2,1H3,(H,12,13). The van der Waals surface area contributed by atoms with Crippen molar-refractivity contribution < 1.29 is 19.0 Å². The highest BCUT2D eigenvalue weighted by Crippen LogP contribution is 2.39. The van der Waals surface area contributed by atoms with Crippen molar-refractivity contribution in [1.82, 2.24) is 0 Å². The predicted molar refractivity (Wildman–Crippen MR) is 49.9 cm³/mol. The highest BCUT2D eigenvalue weighted by molar-refractivity contribution is 5.74. The predicted octanol–water partition coefficient (Wildman–Crippen LogP) is 1.86. The van der Waals surface area contributed by atoms with E-state index in [-0.39, 0.29) is 0 Å². The number of aliphatic carboxylic acids is 1. The number of hydrogen-bond donors (Lipinski definition) is 1. The summed E-state index contributed by atoms with van der Waals surface area (Å²) >= 11 is 0. The molecule has 0 aliphatic heterocycles. The van der Waals surface area contributed by atoms with Gasteiger partial charge in [-0.15, -0.1) is 0 Å². The Morgan fingerprint density at radius 3 is 2.50 bits per heavy atom. The Labute approximate surface area is 83.3 Å². The molecule has 0 saturated heterocycles. The lowest BCUT2D eigenvalue weighted by molar-refractivity contribution is -0.153. The quantitative estimate of drug-likeness (QED) is 0.760. The third-order valence-corrected chi connectivity index (χ3v) is 3.17. The van der Waals surface area contributed by atoms with Crippen LogP contribution in [-0.2, 0) is 9.53 Å². The lowest BCUT2D eigenvalue weighted by Crippen LogP contribution is -2.38. The van der Waals surface area contributed by atoms with Gasteiger partial charge in [-0.2, -0.15) is 0 Å². The van der Waals surface area contributed by atoms with Gasteiger partial charge in [0, 0.05) is 13.7 Å². The van der Waals surface area contributed by atoms with Crippen LogP contribution in [0.5, 0.6) is 0 Å². The van der Waals surface area contributed by atoms with Gasteiger partial charge in [-0.25, -0.2) is 4.39 Å². The van der Waals surface area contributed by atoms with Crippen molar-refractivity contribution in [2.75, 3.05) is 20.4 Å². The van der Waals surface area contributed by atoms with Crippen LogP contribution in [0.1, 0.15) is 25.7 Å². The molecule has 1 rings (SSSR count). The van der Waals surface area contributed by atoms with E-state index in [1.165, 1.54) is 0 Å². The normalized spacial score (nSPS) is 32.9. The van der Waals surface area contributed by atoms with E-state index in [9.17, 15) is 9.18 Å². The minimum Gasteiger partial charge on any atom is -0.481 e. The Bertz CT molecular complexity index is 198. The molecule has 0 aromatic rings. The van der Waals surface area contributed by atoms with E-state index >= 15 is 0 Å². The topological polar surface area (TPSA) is 46.5 Å². The first-order chi connectivity index (χ1) is 6.64. The van der Waals surface area contributed by atoms with Crippen LogP contribution in [0.2, 0.25) is 0 Å². The summed E-state index contributed by atoms with van der Waals surface area (Å²) in [5.41, 5.74) is -1.11. The fourth-order valence-electron chi connectivity index (χ4n) is 2.04. The van der Waals surface area contributed by atoms with E-state index in [1.807, 2.05) is 0 Å². The Kier molecular flexibility index (Phi) is 3.86. The first-order valence-electron chi connectivity index (χ1n) is 4.93.